The molecule has 7 nitrogen and oxygen atoms in total. The Morgan fingerprint density at radius 1 is 1.17 bits per heavy atom. The summed E-state index contributed by atoms with van der Waals surface area (Å²) in [5, 5.41) is 2.69. The third kappa shape index (κ3) is 3.81. The fourth-order valence-corrected chi connectivity index (χ4v) is 3.89. The highest BCUT2D eigenvalue weighted by molar-refractivity contribution is 6.08. The Labute approximate surface area is 169 Å². The molecular weight excluding hydrogens is 370 g/mol. The second-order valence-electron chi connectivity index (χ2n) is 7.26. The van der Waals surface area contributed by atoms with Crippen LogP contribution in [0.4, 0.5) is 10.5 Å². The second kappa shape index (κ2) is 7.95. The summed E-state index contributed by atoms with van der Waals surface area (Å²) < 4.78 is 5.26. The minimum absolute atomic E-state index is 0.262. The molecule has 150 valence electrons. The standard InChI is InChI=1S/C22H23N3O4/c1-29-17-9-10-19-16(13-17)8-5-11-24(19)20(26)14-25-21(27)18(23-22(25)28)12-15-6-3-2-4-7-15/h2-4,6-7,9-10,13,18H,5,8,11-12,14H2,1H3,(H,23,28). The van der Waals surface area contributed by atoms with Gasteiger partial charge in [0, 0.05) is 18.7 Å². The molecule has 1 fully saturated rings. The van der Waals surface area contributed by atoms with Gasteiger partial charge < -0.3 is 15.0 Å². The monoisotopic (exact) mass is 393 g/mol. The lowest BCUT2D eigenvalue weighted by Crippen LogP contribution is -2.45. The summed E-state index contributed by atoms with van der Waals surface area (Å²) in [6, 6.07) is 13.9. The summed E-state index contributed by atoms with van der Waals surface area (Å²) in [5.74, 6) is 0.120. The van der Waals surface area contributed by atoms with E-state index in [1.165, 1.54) is 0 Å². The molecule has 1 atom stereocenters. The van der Waals surface area contributed by atoms with Crippen molar-refractivity contribution < 1.29 is 19.1 Å². The zero-order chi connectivity index (χ0) is 20.4. The number of rotatable bonds is 5. The number of amides is 4. The van der Waals surface area contributed by atoms with Gasteiger partial charge in [-0.05, 0) is 42.2 Å². The number of hydrogen-bond donors (Lipinski definition) is 1. The highest BCUT2D eigenvalue weighted by Crippen LogP contribution is 2.30. The van der Waals surface area contributed by atoms with E-state index in [0.717, 1.165) is 40.3 Å². The maximum atomic E-state index is 12.9. The Bertz CT molecular complexity index is 944. The number of carbonyl (C=O) groups excluding carboxylic acids is 3. The Morgan fingerprint density at radius 3 is 2.72 bits per heavy atom. The van der Waals surface area contributed by atoms with E-state index in [9.17, 15) is 14.4 Å². The summed E-state index contributed by atoms with van der Waals surface area (Å²) in [4.78, 5) is 40.7. The van der Waals surface area contributed by atoms with Crippen molar-refractivity contribution in [3.05, 3.63) is 59.7 Å². The molecule has 0 radical (unpaired) electrons. The largest absolute Gasteiger partial charge is 0.497 e. The predicted molar refractivity (Wildman–Crippen MR) is 108 cm³/mol. The first-order chi connectivity index (χ1) is 14.1. The van der Waals surface area contributed by atoms with Gasteiger partial charge >= 0.3 is 6.03 Å². The fourth-order valence-electron chi connectivity index (χ4n) is 3.89. The van der Waals surface area contributed by atoms with Gasteiger partial charge in [0.15, 0.2) is 0 Å². The number of ether oxygens (including phenoxy) is 1. The molecule has 0 spiro atoms. The number of aryl methyl sites for hydroxylation is 1. The first kappa shape index (κ1) is 19.0. The quantitative estimate of drug-likeness (QED) is 0.790. The molecule has 0 saturated carbocycles. The van der Waals surface area contributed by atoms with Crippen molar-refractivity contribution in [3.8, 4) is 5.75 Å². The van der Waals surface area contributed by atoms with Crippen LogP contribution in [0.25, 0.3) is 0 Å². The van der Waals surface area contributed by atoms with E-state index in [1.54, 1.807) is 12.0 Å². The Hall–Kier alpha value is -3.35. The number of fused-ring (bicyclic) bond motifs is 1. The molecule has 2 aliphatic rings. The van der Waals surface area contributed by atoms with Crippen LogP contribution in [0.3, 0.4) is 0 Å². The lowest BCUT2D eigenvalue weighted by molar-refractivity contribution is -0.131. The van der Waals surface area contributed by atoms with Crippen LogP contribution in [-0.2, 0) is 22.4 Å². The van der Waals surface area contributed by atoms with Gasteiger partial charge in [0.05, 0.1) is 7.11 Å². The number of benzene rings is 2. The van der Waals surface area contributed by atoms with Crippen LogP contribution in [0.1, 0.15) is 17.5 Å². The van der Waals surface area contributed by atoms with E-state index in [2.05, 4.69) is 5.32 Å². The number of nitrogens with one attached hydrogen (secondary N) is 1. The van der Waals surface area contributed by atoms with Crippen LogP contribution in [0.5, 0.6) is 5.75 Å². The van der Waals surface area contributed by atoms with E-state index < -0.39 is 12.1 Å². The Kier molecular flexibility index (Phi) is 5.20. The Balaban J connectivity index is 1.46. The third-order valence-corrected chi connectivity index (χ3v) is 5.39. The molecule has 1 N–H and O–H groups in total. The van der Waals surface area contributed by atoms with Crippen LogP contribution in [-0.4, -0.2) is 49.0 Å². The van der Waals surface area contributed by atoms with Crippen molar-refractivity contribution in [1.29, 1.82) is 0 Å². The molecule has 0 bridgehead atoms. The summed E-state index contributed by atoms with van der Waals surface area (Å²) in [7, 11) is 1.61. The van der Waals surface area contributed by atoms with Crippen molar-refractivity contribution in [1.82, 2.24) is 10.2 Å². The SMILES string of the molecule is COc1ccc2c(c1)CCCN2C(=O)CN1C(=O)NC(Cc2ccccc2)C1=O. The minimum Gasteiger partial charge on any atom is -0.497 e. The molecule has 29 heavy (non-hydrogen) atoms. The summed E-state index contributed by atoms with van der Waals surface area (Å²) in [6.45, 7) is 0.302. The highest BCUT2D eigenvalue weighted by atomic mass is 16.5. The third-order valence-electron chi connectivity index (χ3n) is 5.39. The summed E-state index contributed by atoms with van der Waals surface area (Å²) in [5.41, 5.74) is 2.80. The van der Waals surface area contributed by atoms with E-state index >= 15 is 0 Å². The van der Waals surface area contributed by atoms with Crippen LogP contribution in [0.2, 0.25) is 0 Å². The van der Waals surface area contributed by atoms with Crippen molar-refractivity contribution in [2.75, 3.05) is 25.1 Å². The van der Waals surface area contributed by atoms with Gasteiger partial charge in [-0.25, -0.2) is 4.79 Å². The number of carbonyl (C=O) groups is 3. The molecular formula is C22H23N3O4. The number of nitrogens with zero attached hydrogens (tertiary/aromatic N) is 2. The van der Waals surface area contributed by atoms with E-state index in [4.69, 9.17) is 4.74 Å². The first-order valence-corrected chi connectivity index (χ1v) is 9.70. The lowest BCUT2D eigenvalue weighted by Gasteiger charge is -2.30. The highest BCUT2D eigenvalue weighted by Gasteiger charge is 2.40. The first-order valence-electron chi connectivity index (χ1n) is 9.70. The fraction of sp³-hybridized carbons (Fsp3) is 0.318. The number of urea groups is 1. The number of imide groups is 1. The smallest absolute Gasteiger partial charge is 0.325 e. The molecule has 4 rings (SSSR count). The average Bonchev–Trinajstić information content (AvgIpc) is 3.00. The topological polar surface area (TPSA) is 79.0 Å². The lowest BCUT2D eigenvalue weighted by atomic mass is 10.0. The van der Waals surface area contributed by atoms with Gasteiger partial charge in [0.1, 0.15) is 18.3 Å². The molecule has 2 aromatic carbocycles. The predicted octanol–water partition coefficient (Wildman–Crippen LogP) is 2.14. The Morgan fingerprint density at radius 2 is 1.97 bits per heavy atom. The number of anilines is 1. The average molecular weight is 393 g/mol. The molecule has 4 amide bonds. The van der Waals surface area contributed by atoms with Crippen molar-refractivity contribution in [2.24, 2.45) is 0 Å². The number of hydrogen-bond acceptors (Lipinski definition) is 4. The molecule has 2 aromatic rings. The zero-order valence-electron chi connectivity index (χ0n) is 16.3. The van der Waals surface area contributed by atoms with Gasteiger partial charge in [0.2, 0.25) is 5.91 Å². The van der Waals surface area contributed by atoms with Gasteiger partial charge in [-0.15, -0.1) is 0 Å². The van der Waals surface area contributed by atoms with Crippen LogP contribution in [0.15, 0.2) is 48.5 Å². The van der Waals surface area contributed by atoms with E-state index in [0.29, 0.717) is 13.0 Å². The molecule has 0 aliphatic carbocycles. The molecule has 2 heterocycles. The molecule has 2 aliphatic heterocycles. The van der Waals surface area contributed by atoms with Gasteiger partial charge in [-0.2, -0.15) is 0 Å². The molecule has 7 heteroatoms. The second-order valence-corrected chi connectivity index (χ2v) is 7.26. The normalized spacial score (nSPS) is 18.4. The molecule has 1 saturated heterocycles. The maximum Gasteiger partial charge on any atom is 0.325 e. The van der Waals surface area contributed by atoms with Gasteiger partial charge in [-0.1, -0.05) is 30.3 Å². The summed E-state index contributed by atoms with van der Waals surface area (Å²) >= 11 is 0. The molecule has 0 aromatic heterocycles. The van der Waals surface area contributed by atoms with Crippen LogP contribution in [0, 0.1) is 0 Å². The van der Waals surface area contributed by atoms with Crippen LogP contribution >= 0.6 is 0 Å². The maximum absolute atomic E-state index is 12.9. The van der Waals surface area contributed by atoms with Gasteiger partial charge in [-0.3, -0.25) is 14.5 Å². The van der Waals surface area contributed by atoms with Crippen LogP contribution < -0.4 is 15.0 Å². The minimum atomic E-state index is -0.643. The van der Waals surface area contributed by atoms with E-state index in [-0.39, 0.29) is 18.4 Å². The summed E-state index contributed by atoms with van der Waals surface area (Å²) in [6.07, 6.45) is 2.09. The zero-order valence-corrected chi connectivity index (χ0v) is 16.3. The van der Waals surface area contributed by atoms with Crippen molar-refractivity contribution in [2.45, 2.75) is 25.3 Å². The van der Waals surface area contributed by atoms with Crippen molar-refractivity contribution in [3.63, 3.8) is 0 Å². The molecule has 1 unspecified atom stereocenters. The van der Waals surface area contributed by atoms with Crippen molar-refractivity contribution >= 4 is 23.5 Å². The van der Waals surface area contributed by atoms with E-state index in [1.807, 2.05) is 48.5 Å². The van der Waals surface area contributed by atoms with Gasteiger partial charge in [0.25, 0.3) is 5.91 Å². The number of methoxy groups -OCH3 is 1.